The highest BCUT2D eigenvalue weighted by Gasteiger charge is 2.80. The van der Waals surface area contributed by atoms with Gasteiger partial charge in [0.1, 0.15) is 11.7 Å². The lowest BCUT2D eigenvalue weighted by Gasteiger charge is -2.61. The van der Waals surface area contributed by atoms with Crippen molar-refractivity contribution in [2.24, 2.45) is 28.6 Å². The Balaban J connectivity index is 1.06. The molecule has 3 heterocycles. The van der Waals surface area contributed by atoms with Gasteiger partial charge in [-0.2, -0.15) is 0 Å². The van der Waals surface area contributed by atoms with Gasteiger partial charge in [0.2, 0.25) is 0 Å². The molecule has 37 heavy (non-hydrogen) atoms. The summed E-state index contributed by atoms with van der Waals surface area (Å²) in [4.78, 5) is 28.6. The van der Waals surface area contributed by atoms with Crippen LogP contribution in [0.25, 0.3) is 0 Å². The van der Waals surface area contributed by atoms with Crippen LogP contribution in [0.5, 0.6) is 0 Å². The van der Waals surface area contributed by atoms with E-state index < -0.39 is 0 Å². The number of ether oxygens (including phenoxy) is 2. The van der Waals surface area contributed by atoms with E-state index in [0.717, 1.165) is 51.9 Å². The van der Waals surface area contributed by atoms with E-state index in [1.54, 1.807) is 12.3 Å². The minimum absolute atomic E-state index is 0.0184. The molecule has 0 aromatic carbocycles. The molecule has 0 N–H and O–H groups in total. The van der Waals surface area contributed by atoms with Crippen molar-refractivity contribution in [2.45, 2.75) is 88.9 Å². The Morgan fingerprint density at radius 1 is 1.00 bits per heavy atom. The number of rotatable bonds is 2. The monoisotopic (exact) mass is 510 g/mol. The predicted molar refractivity (Wildman–Crippen MR) is 138 cm³/mol. The highest BCUT2D eigenvalue weighted by atomic mass is 16.6. The Kier molecular flexibility index (Phi) is 5.44. The Hall–Kier alpha value is -1.86. The summed E-state index contributed by atoms with van der Waals surface area (Å²) in [5, 5.41) is 0. The van der Waals surface area contributed by atoms with Crippen LogP contribution in [0.2, 0.25) is 0 Å². The molecular formula is C30H42N2O5. The van der Waals surface area contributed by atoms with Crippen LogP contribution in [-0.4, -0.2) is 66.9 Å². The number of carbonyl (C=O) groups is 1. The second kappa shape index (κ2) is 8.32. The van der Waals surface area contributed by atoms with E-state index in [0.29, 0.717) is 35.2 Å². The molecule has 9 atom stereocenters. The first-order chi connectivity index (χ1) is 17.7. The molecule has 0 bridgehead atoms. The lowest BCUT2D eigenvalue weighted by molar-refractivity contribution is -0.140. The number of epoxide rings is 1. The number of piperazine rings is 1. The third-order valence-corrected chi connectivity index (χ3v) is 12.2. The quantitative estimate of drug-likeness (QED) is 0.539. The molecule has 2 saturated heterocycles. The minimum atomic E-state index is -0.275. The van der Waals surface area contributed by atoms with Crippen molar-refractivity contribution in [2.75, 3.05) is 33.2 Å². The number of hydrogen-bond donors (Lipinski definition) is 0. The summed E-state index contributed by atoms with van der Waals surface area (Å²) < 4.78 is 18.1. The van der Waals surface area contributed by atoms with Crippen LogP contribution >= 0.6 is 0 Å². The molecule has 1 spiro atoms. The highest BCUT2D eigenvalue weighted by Crippen LogP contribution is 2.78. The smallest absolute Gasteiger partial charge is 0.410 e. The van der Waals surface area contributed by atoms with Crippen LogP contribution in [0, 0.1) is 28.6 Å². The van der Waals surface area contributed by atoms with Crippen LogP contribution < -0.4 is 5.63 Å². The van der Waals surface area contributed by atoms with Gasteiger partial charge in [0, 0.05) is 37.7 Å². The summed E-state index contributed by atoms with van der Waals surface area (Å²) in [6.45, 7) is 8.38. The van der Waals surface area contributed by atoms with Crippen LogP contribution in [0.3, 0.4) is 0 Å². The minimum Gasteiger partial charge on any atom is -0.446 e. The van der Waals surface area contributed by atoms with E-state index >= 15 is 0 Å². The van der Waals surface area contributed by atoms with Crippen molar-refractivity contribution in [3.05, 3.63) is 34.4 Å². The Labute approximate surface area is 219 Å². The maximum absolute atomic E-state index is 12.9. The van der Waals surface area contributed by atoms with Crippen molar-refractivity contribution >= 4 is 6.09 Å². The molecule has 6 fully saturated rings. The maximum Gasteiger partial charge on any atom is 0.410 e. The van der Waals surface area contributed by atoms with Crippen molar-refractivity contribution in [1.29, 1.82) is 0 Å². The summed E-state index contributed by atoms with van der Waals surface area (Å²) in [7, 11) is 2.11. The van der Waals surface area contributed by atoms with Crippen LogP contribution in [0.4, 0.5) is 4.79 Å². The van der Waals surface area contributed by atoms with Crippen LogP contribution in [-0.2, 0) is 9.47 Å². The summed E-state index contributed by atoms with van der Waals surface area (Å²) in [6, 6.07) is 3.55. The summed E-state index contributed by atoms with van der Waals surface area (Å²) in [5.41, 5.74) is 1.26. The molecule has 7 rings (SSSR count). The topological polar surface area (TPSA) is 75.5 Å². The zero-order chi connectivity index (χ0) is 25.6. The van der Waals surface area contributed by atoms with Gasteiger partial charge in [-0.05, 0) is 99.1 Å². The number of hydrogen-bond acceptors (Lipinski definition) is 6. The van der Waals surface area contributed by atoms with E-state index in [1.165, 1.54) is 31.2 Å². The van der Waals surface area contributed by atoms with E-state index in [1.807, 2.05) is 11.0 Å². The second-order valence-corrected chi connectivity index (χ2v) is 13.6. The van der Waals surface area contributed by atoms with Gasteiger partial charge in [-0.1, -0.05) is 13.8 Å². The Morgan fingerprint density at radius 2 is 1.81 bits per heavy atom. The molecule has 7 heteroatoms. The third kappa shape index (κ3) is 3.45. The fourth-order valence-electron chi connectivity index (χ4n) is 10.0. The van der Waals surface area contributed by atoms with Crippen molar-refractivity contribution in [3.63, 3.8) is 0 Å². The molecule has 6 aliphatic rings. The van der Waals surface area contributed by atoms with Gasteiger partial charge in [-0.25, -0.2) is 9.59 Å². The van der Waals surface area contributed by atoms with Crippen molar-refractivity contribution in [3.8, 4) is 0 Å². The molecule has 0 radical (unpaired) electrons. The van der Waals surface area contributed by atoms with E-state index in [9.17, 15) is 9.59 Å². The number of carbonyl (C=O) groups excluding carboxylic acids is 1. The summed E-state index contributed by atoms with van der Waals surface area (Å²) in [5.74, 6) is 2.28. The molecule has 1 amide bonds. The molecule has 4 saturated carbocycles. The molecule has 4 aliphatic carbocycles. The second-order valence-electron chi connectivity index (χ2n) is 13.6. The first kappa shape index (κ1) is 24.2. The van der Waals surface area contributed by atoms with E-state index in [-0.39, 0.29) is 28.8 Å². The lowest BCUT2D eigenvalue weighted by Crippen LogP contribution is -2.58. The molecule has 2 aliphatic heterocycles. The highest BCUT2D eigenvalue weighted by molar-refractivity contribution is 5.68. The molecule has 0 unspecified atom stereocenters. The van der Waals surface area contributed by atoms with Gasteiger partial charge in [0.05, 0.1) is 12.4 Å². The Bertz CT molecular complexity index is 1110. The van der Waals surface area contributed by atoms with Gasteiger partial charge in [0.15, 0.2) is 0 Å². The average molecular weight is 511 g/mol. The standard InChI is InChI=1S/C30H42N2O5/c1-28-10-8-21(36-27(34)32-14-12-31(3)13-15-32)16-20(28)5-6-23-22(28)9-11-29(2)24(17-25-30(23,29)37-25)19-4-7-26(33)35-18-19/h4,7,18,20-25H,5-6,8-17H2,1-3H3/t20-,21+,22+,23-,24-,25-,28+,29-,30-/m1/s1. The fraction of sp³-hybridized carbons (Fsp3) is 0.800. The molecule has 7 nitrogen and oxygen atoms in total. The Morgan fingerprint density at radius 3 is 2.57 bits per heavy atom. The summed E-state index contributed by atoms with van der Waals surface area (Å²) in [6.07, 6.45) is 11.0. The number of likely N-dealkylation sites (N-methyl/N-ethyl adjacent to an activating group) is 1. The zero-order valence-corrected chi connectivity index (χ0v) is 22.6. The first-order valence-electron chi connectivity index (χ1n) is 14.7. The summed E-state index contributed by atoms with van der Waals surface area (Å²) >= 11 is 0. The third-order valence-electron chi connectivity index (χ3n) is 12.2. The molecule has 202 valence electrons. The molecule has 1 aromatic heterocycles. The zero-order valence-electron chi connectivity index (χ0n) is 22.6. The van der Waals surface area contributed by atoms with Crippen molar-refractivity contribution in [1.82, 2.24) is 9.80 Å². The van der Waals surface area contributed by atoms with Gasteiger partial charge < -0.3 is 23.7 Å². The number of fused-ring (bicyclic) bond motifs is 3. The van der Waals surface area contributed by atoms with Crippen molar-refractivity contribution < 1.29 is 18.7 Å². The normalized spacial score (nSPS) is 46.8. The van der Waals surface area contributed by atoms with Crippen LogP contribution in [0.1, 0.15) is 76.7 Å². The van der Waals surface area contributed by atoms with Gasteiger partial charge in [-0.3, -0.25) is 0 Å². The SMILES string of the molecule is CN1CCN(C(=O)O[C@H]2CC[C@@]3(C)[C@H](CC[C@@H]4[C@@H]3CC[C@]3(C)[C@@H](c5ccc(=O)oc5)C[C@H]5O[C@]453)C2)CC1. The van der Waals surface area contributed by atoms with Gasteiger partial charge in [-0.15, -0.1) is 0 Å². The fourth-order valence-corrected chi connectivity index (χ4v) is 10.0. The number of amides is 1. The maximum atomic E-state index is 12.9. The van der Waals surface area contributed by atoms with E-state index in [4.69, 9.17) is 13.9 Å². The van der Waals surface area contributed by atoms with Crippen LogP contribution in [0.15, 0.2) is 27.6 Å². The predicted octanol–water partition coefficient (Wildman–Crippen LogP) is 4.65. The number of nitrogens with zero attached hydrogens (tertiary/aromatic N) is 2. The van der Waals surface area contributed by atoms with E-state index in [2.05, 4.69) is 25.8 Å². The molecular weight excluding hydrogens is 468 g/mol. The lowest BCUT2D eigenvalue weighted by atomic mass is 9.44. The average Bonchev–Trinajstić information content (AvgIpc) is 3.55. The molecule has 1 aromatic rings. The first-order valence-corrected chi connectivity index (χ1v) is 14.7. The van der Waals surface area contributed by atoms with Gasteiger partial charge in [0.25, 0.3) is 0 Å². The largest absolute Gasteiger partial charge is 0.446 e. The van der Waals surface area contributed by atoms with Gasteiger partial charge >= 0.3 is 11.7 Å².